The van der Waals surface area contributed by atoms with Gasteiger partial charge in [-0.25, -0.2) is 8.42 Å². The van der Waals surface area contributed by atoms with Gasteiger partial charge in [0.05, 0.1) is 24.7 Å². The molecule has 3 rings (SSSR count). The van der Waals surface area contributed by atoms with E-state index in [0.717, 1.165) is 37.5 Å². The molecular formula is C13H17N3O3S. The fraction of sp³-hybridized carbons (Fsp3) is 0.462. The molecule has 0 radical (unpaired) electrons. The molecule has 1 N–H and O–H groups in total. The Hall–Kier alpha value is -1.60. The predicted molar refractivity (Wildman–Crippen MR) is 73.0 cm³/mol. The van der Waals surface area contributed by atoms with Gasteiger partial charge in [0.25, 0.3) is 0 Å². The largest absolute Gasteiger partial charge is 0.468 e. The van der Waals surface area contributed by atoms with Gasteiger partial charge in [-0.3, -0.25) is 10.00 Å². The van der Waals surface area contributed by atoms with Crippen molar-refractivity contribution in [1.29, 1.82) is 0 Å². The second kappa shape index (κ2) is 5.06. The molecule has 0 aromatic carbocycles. The Morgan fingerprint density at radius 1 is 1.55 bits per heavy atom. The van der Waals surface area contributed by atoms with Crippen LogP contribution in [0.1, 0.15) is 23.8 Å². The first-order valence-corrected chi connectivity index (χ1v) is 8.41. The van der Waals surface area contributed by atoms with Crippen LogP contribution in [0.2, 0.25) is 0 Å². The van der Waals surface area contributed by atoms with Crippen molar-refractivity contribution in [2.45, 2.75) is 23.8 Å². The smallest absolute Gasteiger partial charge is 0.178 e. The molecule has 108 valence electrons. The van der Waals surface area contributed by atoms with Crippen molar-refractivity contribution in [2.75, 3.05) is 19.3 Å². The zero-order chi connectivity index (χ0) is 14.2. The minimum absolute atomic E-state index is 0.178. The quantitative estimate of drug-likeness (QED) is 0.922. The van der Waals surface area contributed by atoms with E-state index in [1.807, 2.05) is 12.1 Å². The average Bonchev–Trinajstić information content (AvgIpc) is 3.08. The van der Waals surface area contributed by atoms with E-state index in [9.17, 15) is 8.42 Å². The number of H-pyrrole nitrogens is 1. The maximum absolute atomic E-state index is 11.7. The lowest BCUT2D eigenvalue weighted by Crippen LogP contribution is -2.19. The molecule has 1 atom stereocenters. The summed E-state index contributed by atoms with van der Waals surface area (Å²) in [6.45, 7) is 2.49. The Kier molecular flexibility index (Phi) is 3.39. The summed E-state index contributed by atoms with van der Waals surface area (Å²) >= 11 is 0. The van der Waals surface area contributed by atoms with Gasteiger partial charge in [-0.15, -0.1) is 0 Å². The van der Waals surface area contributed by atoms with Crippen LogP contribution in [0, 0.1) is 0 Å². The minimum Gasteiger partial charge on any atom is -0.468 e. The second-order valence-electron chi connectivity index (χ2n) is 5.22. The van der Waals surface area contributed by atoms with Crippen LogP contribution in [-0.4, -0.2) is 42.9 Å². The fourth-order valence-corrected chi connectivity index (χ4v) is 3.56. The molecule has 1 fully saturated rings. The Morgan fingerprint density at radius 2 is 2.40 bits per heavy atom. The summed E-state index contributed by atoms with van der Waals surface area (Å²) in [6, 6.07) is 3.82. The molecule has 1 aliphatic rings. The van der Waals surface area contributed by atoms with Crippen molar-refractivity contribution in [1.82, 2.24) is 15.1 Å². The number of nitrogens with one attached hydrogen (secondary N) is 1. The van der Waals surface area contributed by atoms with Crippen LogP contribution in [0.3, 0.4) is 0 Å². The average molecular weight is 295 g/mol. The Labute approximate surface area is 117 Å². The van der Waals surface area contributed by atoms with Gasteiger partial charge in [-0.05, 0) is 25.1 Å². The number of hydrogen-bond acceptors (Lipinski definition) is 5. The lowest BCUT2D eigenvalue weighted by Gasteiger charge is -2.14. The molecule has 2 aromatic rings. The van der Waals surface area contributed by atoms with Crippen LogP contribution in [-0.2, 0) is 16.4 Å². The van der Waals surface area contributed by atoms with E-state index in [4.69, 9.17) is 4.42 Å². The van der Waals surface area contributed by atoms with E-state index in [0.29, 0.717) is 4.90 Å². The highest BCUT2D eigenvalue weighted by molar-refractivity contribution is 7.90. The number of likely N-dealkylation sites (tertiary alicyclic amines) is 1. The van der Waals surface area contributed by atoms with Crippen molar-refractivity contribution in [3.63, 3.8) is 0 Å². The van der Waals surface area contributed by atoms with Gasteiger partial charge in [0.15, 0.2) is 9.84 Å². The maximum Gasteiger partial charge on any atom is 0.178 e. The zero-order valence-corrected chi connectivity index (χ0v) is 12.1. The van der Waals surface area contributed by atoms with Crippen molar-refractivity contribution in [3.8, 4) is 0 Å². The van der Waals surface area contributed by atoms with Crippen LogP contribution in [0.4, 0.5) is 0 Å². The van der Waals surface area contributed by atoms with Crippen molar-refractivity contribution < 1.29 is 12.8 Å². The van der Waals surface area contributed by atoms with E-state index < -0.39 is 9.84 Å². The summed E-state index contributed by atoms with van der Waals surface area (Å²) in [5.74, 6) is 1.11. The molecule has 1 unspecified atom stereocenters. The first-order valence-electron chi connectivity index (χ1n) is 6.52. The summed E-state index contributed by atoms with van der Waals surface area (Å²) in [7, 11) is -3.23. The summed E-state index contributed by atoms with van der Waals surface area (Å²) in [5.41, 5.74) is 0.731. The molecular weight excluding hydrogens is 278 g/mol. The highest BCUT2D eigenvalue weighted by Gasteiger charge is 2.29. The minimum atomic E-state index is -3.23. The van der Waals surface area contributed by atoms with E-state index >= 15 is 0 Å². The van der Waals surface area contributed by atoms with Crippen molar-refractivity contribution in [2.24, 2.45) is 0 Å². The molecule has 20 heavy (non-hydrogen) atoms. The zero-order valence-electron chi connectivity index (χ0n) is 11.2. The third-order valence-electron chi connectivity index (χ3n) is 3.67. The summed E-state index contributed by atoms with van der Waals surface area (Å²) in [6.07, 6.45) is 5.21. The first kappa shape index (κ1) is 13.4. The second-order valence-corrected chi connectivity index (χ2v) is 7.20. The highest BCUT2D eigenvalue weighted by atomic mass is 32.2. The third-order valence-corrected chi connectivity index (χ3v) is 4.80. The SMILES string of the molecule is CS(=O)(=O)c1cn[nH]c1C1CCN(Cc2ccco2)C1. The van der Waals surface area contributed by atoms with Gasteiger partial charge in [0.1, 0.15) is 10.7 Å². The maximum atomic E-state index is 11.7. The summed E-state index contributed by atoms with van der Waals surface area (Å²) in [5, 5.41) is 6.75. The topological polar surface area (TPSA) is 79.2 Å². The molecule has 0 spiro atoms. The normalized spacial score (nSPS) is 20.6. The van der Waals surface area contributed by atoms with Crippen molar-refractivity contribution >= 4 is 9.84 Å². The molecule has 3 heterocycles. The number of sulfone groups is 1. The van der Waals surface area contributed by atoms with E-state index in [2.05, 4.69) is 15.1 Å². The van der Waals surface area contributed by atoms with Crippen LogP contribution >= 0.6 is 0 Å². The lowest BCUT2D eigenvalue weighted by molar-refractivity contribution is 0.293. The first-order chi connectivity index (χ1) is 9.54. The van der Waals surface area contributed by atoms with Gasteiger partial charge >= 0.3 is 0 Å². The van der Waals surface area contributed by atoms with Gasteiger partial charge in [-0.2, -0.15) is 5.10 Å². The van der Waals surface area contributed by atoms with Gasteiger partial charge in [-0.1, -0.05) is 0 Å². The molecule has 1 saturated heterocycles. The van der Waals surface area contributed by atoms with Crippen LogP contribution in [0.15, 0.2) is 33.9 Å². The number of aromatic nitrogens is 2. The van der Waals surface area contributed by atoms with Gasteiger partial charge in [0, 0.05) is 18.7 Å². The monoisotopic (exact) mass is 295 g/mol. The standard InChI is InChI=1S/C13H17N3O3S/c1-20(17,18)12-7-14-15-13(12)10-4-5-16(8-10)9-11-3-2-6-19-11/h2-3,6-7,10H,4-5,8-9H2,1H3,(H,14,15). The molecule has 0 bridgehead atoms. The van der Waals surface area contributed by atoms with E-state index in [1.165, 1.54) is 12.5 Å². The highest BCUT2D eigenvalue weighted by Crippen LogP contribution is 2.30. The number of rotatable bonds is 4. The Balaban J connectivity index is 1.73. The molecule has 0 amide bonds. The summed E-state index contributed by atoms with van der Waals surface area (Å²) in [4.78, 5) is 2.58. The molecule has 6 nitrogen and oxygen atoms in total. The Bertz CT molecular complexity index is 676. The number of aromatic amines is 1. The van der Waals surface area contributed by atoms with Crippen LogP contribution in [0.5, 0.6) is 0 Å². The van der Waals surface area contributed by atoms with Gasteiger partial charge < -0.3 is 4.42 Å². The molecule has 2 aromatic heterocycles. The molecule has 1 aliphatic heterocycles. The third kappa shape index (κ3) is 2.64. The van der Waals surface area contributed by atoms with Crippen LogP contribution < -0.4 is 0 Å². The fourth-order valence-electron chi connectivity index (χ4n) is 2.71. The van der Waals surface area contributed by atoms with E-state index in [-0.39, 0.29) is 5.92 Å². The van der Waals surface area contributed by atoms with Gasteiger partial charge in [0.2, 0.25) is 0 Å². The van der Waals surface area contributed by atoms with E-state index in [1.54, 1.807) is 6.26 Å². The number of nitrogens with zero attached hydrogens (tertiary/aromatic N) is 2. The van der Waals surface area contributed by atoms with Crippen LogP contribution in [0.25, 0.3) is 0 Å². The molecule has 0 aliphatic carbocycles. The molecule has 7 heteroatoms. The number of hydrogen-bond donors (Lipinski definition) is 1. The number of furan rings is 1. The van der Waals surface area contributed by atoms with Crippen molar-refractivity contribution in [3.05, 3.63) is 36.0 Å². The molecule has 0 saturated carbocycles. The summed E-state index contributed by atoms with van der Waals surface area (Å²) < 4.78 is 28.8. The predicted octanol–water partition coefficient (Wildman–Crippen LogP) is 1.40. The lowest BCUT2D eigenvalue weighted by atomic mass is 10.1. The Morgan fingerprint density at radius 3 is 3.10 bits per heavy atom.